The highest BCUT2D eigenvalue weighted by molar-refractivity contribution is 5.96. The number of aromatic nitrogens is 2. The van der Waals surface area contributed by atoms with Gasteiger partial charge in [-0.2, -0.15) is 0 Å². The predicted molar refractivity (Wildman–Crippen MR) is 102 cm³/mol. The third-order valence-corrected chi connectivity index (χ3v) is 4.85. The lowest BCUT2D eigenvalue weighted by atomic mass is 10.1. The van der Waals surface area contributed by atoms with Crippen molar-refractivity contribution in [3.8, 4) is 0 Å². The van der Waals surface area contributed by atoms with Gasteiger partial charge in [-0.1, -0.05) is 13.8 Å². The van der Waals surface area contributed by atoms with E-state index in [0.717, 1.165) is 38.1 Å². The Morgan fingerprint density at radius 2 is 1.92 bits per heavy atom. The van der Waals surface area contributed by atoms with Gasteiger partial charge < -0.3 is 20.0 Å². The van der Waals surface area contributed by atoms with Gasteiger partial charge in [0.15, 0.2) is 0 Å². The van der Waals surface area contributed by atoms with Crippen molar-refractivity contribution in [2.24, 2.45) is 5.92 Å². The number of anilines is 1. The summed E-state index contributed by atoms with van der Waals surface area (Å²) in [6.45, 7) is 8.76. The number of aromatic amines is 2. The van der Waals surface area contributed by atoms with Crippen molar-refractivity contribution in [2.75, 3.05) is 25.0 Å². The van der Waals surface area contributed by atoms with Crippen molar-refractivity contribution in [1.29, 1.82) is 0 Å². The van der Waals surface area contributed by atoms with Gasteiger partial charge in [0.25, 0.3) is 0 Å². The summed E-state index contributed by atoms with van der Waals surface area (Å²) in [6.07, 6.45) is 2.22. The van der Waals surface area contributed by atoms with Gasteiger partial charge >= 0.3 is 5.69 Å². The zero-order chi connectivity index (χ0) is 18.7. The molecular weight excluding hydrogens is 332 g/mol. The Morgan fingerprint density at radius 1 is 1.23 bits per heavy atom. The molecule has 1 saturated heterocycles. The smallest absolute Gasteiger partial charge is 0.323 e. The number of H-pyrrole nitrogens is 2. The third-order valence-electron chi connectivity index (χ3n) is 4.85. The molecule has 1 atom stereocenters. The Hall–Kier alpha value is -2.12. The van der Waals surface area contributed by atoms with Crippen LogP contribution in [0.5, 0.6) is 0 Å². The quantitative estimate of drug-likeness (QED) is 0.737. The molecule has 3 rings (SSSR count). The Balaban J connectivity index is 1.53. The number of ether oxygens (including phenoxy) is 1. The van der Waals surface area contributed by atoms with Crippen molar-refractivity contribution in [2.45, 2.75) is 45.8 Å². The van der Waals surface area contributed by atoms with Crippen LogP contribution in [0.4, 0.5) is 5.69 Å². The van der Waals surface area contributed by atoms with Crippen LogP contribution in [0.15, 0.2) is 23.0 Å². The van der Waals surface area contributed by atoms with Crippen LogP contribution < -0.4 is 11.0 Å². The number of carbonyl (C=O) groups is 1. The van der Waals surface area contributed by atoms with Crippen molar-refractivity contribution < 1.29 is 9.53 Å². The van der Waals surface area contributed by atoms with Crippen molar-refractivity contribution in [3.05, 3.63) is 28.7 Å². The molecule has 1 fully saturated rings. The van der Waals surface area contributed by atoms with Crippen LogP contribution in [0.2, 0.25) is 0 Å². The zero-order valence-corrected chi connectivity index (χ0v) is 15.7. The number of hydrogen-bond donors (Lipinski definition) is 3. The van der Waals surface area contributed by atoms with E-state index >= 15 is 0 Å². The zero-order valence-electron chi connectivity index (χ0n) is 15.7. The molecule has 2 aromatic rings. The molecule has 2 heterocycles. The molecule has 1 unspecified atom stereocenters. The molecule has 0 aliphatic carbocycles. The molecular formula is C19H28N4O3. The number of amides is 1. The normalized spacial score (nSPS) is 17.7. The van der Waals surface area contributed by atoms with Gasteiger partial charge in [-0.05, 0) is 43.9 Å². The van der Waals surface area contributed by atoms with E-state index in [1.807, 2.05) is 6.92 Å². The van der Waals surface area contributed by atoms with Gasteiger partial charge in [-0.25, -0.2) is 4.79 Å². The number of carbonyl (C=O) groups excluding carboxylic acids is 1. The van der Waals surface area contributed by atoms with E-state index in [1.165, 1.54) is 0 Å². The summed E-state index contributed by atoms with van der Waals surface area (Å²) in [6, 6.07) is 5.14. The summed E-state index contributed by atoms with van der Waals surface area (Å²) in [4.78, 5) is 31.5. The van der Waals surface area contributed by atoms with E-state index in [9.17, 15) is 9.59 Å². The number of piperidine rings is 1. The van der Waals surface area contributed by atoms with Crippen molar-refractivity contribution in [3.63, 3.8) is 0 Å². The average Bonchev–Trinajstić information content (AvgIpc) is 2.99. The van der Waals surface area contributed by atoms with Gasteiger partial charge in [0, 0.05) is 25.4 Å². The Kier molecular flexibility index (Phi) is 5.78. The monoisotopic (exact) mass is 360 g/mol. The maximum Gasteiger partial charge on any atom is 0.323 e. The molecule has 3 N–H and O–H groups in total. The third kappa shape index (κ3) is 4.53. The molecule has 142 valence electrons. The number of benzene rings is 1. The number of imidazole rings is 1. The highest BCUT2D eigenvalue weighted by atomic mass is 16.5. The van der Waals surface area contributed by atoms with Gasteiger partial charge in [-0.3, -0.25) is 9.69 Å². The summed E-state index contributed by atoms with van der Waals surface area (Å²) in [5.74, 6) is 0.508. The molecule has 1 aromatic carbocycles. The molecule has 1 aliphatic rings. The lowest BCUT2D eigenvalue weighted by molar-refractivity contribution is -0.122. The Morgan fingerprint density at radius 3 is 2.62 bits per heavy atom. The standard InChI is InChI=1S/C19H28N4O3/c1-12(2)11-26-15-6-8-23(9-7-15)13(3)18(24)20-14-4-5-16-17(10-14)22-19(25)21-16/h4-5,10,12-13,15H,6-9,11H2,1-3H3,(H,20,24)(H2,21,22,25). The number of nitrogens with zero attached hydrogens (tertiary/aromatic N) is 1. The van der Waals surface area contributed by atoms with Crippen LogP contribution in [0.3, 0.4) is 0 Å². The van der Waals surface area contributed by atoms with Gasteiger partial charge in [-0.15, -0.1) is 0 Å². The number of rotatable bonds is 6. The van der Waals surface area contributed by atoms with E-state index in [0.29, 0.717) is 23.2 Å². The molecule has 7 nitrogen and oxygen atoms in total. The predicted octanol–water partition coefficient (Wildman–Crippen LogP) is 2.32. The van der Waals surface area contributed by atoms with E-state index in [2.05, 4.69) is 34.0 Å². The summed E-state index contributed by atoms with van der Waals surface area (Å²) in [5, 5.41) is 2.94. The minimum absolute atomic E-state index is 0.0382. The van der Waals surface area contributed by atoms with E-state index < -0.39 is 0 Å². The lowest BCUT2D eigenvalue weighted by Crippen LogP contribution is -2.47. The number of nitrogens with one attached hydrogen (secondary N) is 3. The molecule has 26 heavy (non-hydrogen) atoms. The fourth-order valence-corrected chi connectivity index (χ4v) is 3.28. The summed E-state index contributed by atoms with van der Waals surface area (Å²) < 4.78 is 5.91. The van der Waals surface area contributed by atoms with E-state index in [1.54, 1.807) is 18.2 Å². The maximum atomic E-state index is 12.6. The van der Waals surface area contributed by atoms with Crippen LogP contribution in [0.1, 0.15) is 33.6 Å². The molecule has 0 radical (unpaired) electrons. The first-order chi connectivity index (χ1) is 12.4. The SMILES string of the molecule is CC(C)COC1CCN(C(C)C(=O)Nc2ccc3[nH]c(=O)[nH]c3c2)CC1. The van der Waals surface area contributed by atoms with Crippen molar-refractivity contribution >= 4 is 22.6 Å². The number of fused-ring (bicyclic) bond motifs is 1. The molecule has 1 amide bonds. The van der Waals surface area contributed by atoms with Crippen LogP contribution in [0, 0.1) is 5.92 Å². The minimum Gasteiger partial charge on any atom is -0.378 e. The first-order valence-corrected chi connectivity index (χ1v) is 9.31. The Bertz CT molecular complexity index is 802. The largest absolute Gasteiger partial charge is 0.378 e. The number of likely N-dealkylation sites (tertiary alicyclic amines) is 1. The summed E-state index contributed by atoms with van der Waals surface area (Å²) in [7, 11) is 0. The average molecular weight is 360 g/mol. The van der Waals surface area contributed by atoms with Crippen LogP contribution in [0.25, 0.3) is 11.0 Å². The van der Waals surface area contributed by atoms with E-state index in [4.69, 9.17) is 4.74 Å². The van der Waals surface area contributed by atoms with Crippen LogP contribution in [-0.2, 0) is 9.53 Å². The first kappa shape index (κ1) is 18.7. The Labute approximate surface area is 153 Å². The molecule has 0 saturated carbocycles. The number of hydrogen-bond acceptors (Lipinski definition) is 4. The van der Waals surface area contributed by atoms with Crippen molar-refractivity contribution in [1.82, 2.24) is 14.9 Å². The molecule has 1 aromatic heterocycles. The summed E-state index contributed by atoms with van der Waals surface area (Å²) >= 11 is 0. The fraction of sp³-hybridized carbons (Fsp3) is 0.579. The van der Waals surface area contributed by atoms with Crippen LogP contribution >= 0.6 is 0 Å². The molecule has 0 bridgehead atoms. The highest BCUT2D eigenvalue weighted by Crippen LogP contribution is 2.19. The maximum absolute atomic E-state index is 12.6. The second-order valence-electron chi connectivity index (χ2n) is 7.47. The summed E-state index contributed by atoms with van der Waals surface area (Å²) in [5.41, 5.74) is 1.84. The second-order valence-corrected chi connectivity index (χ2v) is 7.47. The second kappa shape index (κ2) is 8.05. The first-order valence-electron chi connectivity index (χ1n) is 9.31. The van der Waals surface area contributed by atoms with Crippen LogP contribution in [-0.4, -0.2) is 52.6 Å². The molecule has 0 spiro atoms. The molecule has 1 aliphatic heterocycles. The highest BCUT2D eigenvalue weighted by Gasteiger charge is 2.27. The van der Waals surface area contributed by atoms with Gasteiger partial charge in [0.2, 0.25) is 5.91 Å². The topological polar surface area (TPSA) is 90.2 Å². The van der Waals surface area contributed by atoms with Gasteiger partial charge in [0.05, 0.1) is 23.2 Å². The van der Waals surface area contributed by atoms with Gasteiger partial charge in [0.1, 0.15) is 0 Å². The minimum atomic E-state index is -0.251. The molecule has 7 heteroatoms. The van der Waals surface area contributed by atoms with E-state index in [-0.39, 0.29) is 17.6 Å². The lowest BCUT2D eigenvalue weighted by Gasteiger charge is -2.35. The fourth-order valence-electron chi connectivity index (χ4n) is 3.28.